The van der Waals surface area contributed by atoms with Gasteiger partial charge in [-0.1, -0.05) is 46.2 Å². The van der Waals surface area contributed by atoms with E-state index in [4.69, 9.17) is 9.47 Å². The Hall–Kier alpha value is -2.04. The quantitative estimate of drug-likeness (QED) is 0.777. The molecule has 0 aliphatic heterocycles. The summed E-state index contributed by atoms with van der Waals surface area (Å²) < 4.78 is 10.3. The van der Waals surface area contributed by atoms with Crippen molar-refractivity contribution >= 4 is 11.9 Å². The Morgan fingerprint density at radius 3 is 2.12 bits per heavy atom. The van der Waals surface area contributed by atoms with Crippen molar-refractivity contribution in [1.29, 1.82) is 0 Å². The molecule has 5 heteroatoms. The standard InChI is InChI=1S/C19H29NO4/c1-7-12-19(5,17(22)23-6)20-16(21)13-24-15-10-8-14(9-11-15)18(2,3)4/h8-11H,7,12-13H2,1-6H3,(H,20,21). The third-order valence-electron chi connectivity index (χ3n) is 3.89. The first-order valence-corrected chi connectivity index (χ1v) is 8.25. The summed E-state index contributed by atoms with van der Waals surface area (Å²) in [6, 6.07) is 7.67. The van der Waals surface area contributed by atoms with Crippen LogP contribution in [-0.2, 0) is 19.7 Å². The number of hydrogen-bond acceptors (Lipinski definition) is 4. The van der Waals surface area contributed by atoms with E-state index in [1.807, 2.05) is 31.2 Å². The highest BCUT2D eigenvalue weighted by molar-refractivity contribution is 5.88. The van der Waals surface area contributed by atoms with Crippen LogP contribution in [0.25, 0.3) is 0 Å². The van der Waals surface area contributed by atoms with Crippen LogP contribution in [0.3, 0.4) is 0 Å². The first-order chi connectivity index (χ1) is 11.1. The minimum Gasteiger partial charge on any atom is -0.484 e. The van der Waals surface area contributed by atoms with Crippen molar-refractivity contribution in [3.8, 4) is 5.75 Å². The van der Waals surface area contributed by atoms with Gasteiger partial charge in [0.2, 0.25) is 0 Å². The number of amides is 1. The van der Waals surface area contributed by atoms with E-state index in [9.17, 15) is 9.59 Å². The lowest BCUT2D eigenvalue weighted by atomic mass is 9.87. The molecule has 5 nitrogen and oxygen atoms in total. The Morgan fingerprint density at radius 2 is 1.67 bits per heavy atom. The van der Waals surface area contributed by atoms with E-state index < -0.39 is 11.5 Å². The van der Waals surface area contributed by atoms with Gasteiger partial charge in [-0.2, -0.15) is 0 Å². The molecule has 24 heavy (non-hydrogen) atoms. The topological polar surface area (TPSA) is 64.6 Å². The predicted molar refractivity (Wildman–Crippen MR) is 94.1 cm³/mol. The molecule has 1 N–H and O–H groups in total. The van der Waals surface area contributed by atoms with Gasteiger partial charge in [0.25, 0.3) is 5.91 Å². The molecule has 0 heterocycles. The van der Waals surface area contributed by atoms with Crippen molar-refractivity contribution in [3.05, 3.63) is 29.8 Å². The molecule has 0 bridgehead atoms. The predicted octanol–water partition coefficient (Wildman–Crippen LogP) is 3.21. The molecular formula is C19H29NO4. The molecule has 0 radical (unpaired) electrons. The summed E-state index contributed by atoms with van der Waals surface area (Å²) >= 11 is 0. The Kier molecular flexibility index (Phi) is 6.81. The molecule has 0 aromatic heterocycles. The molecule has 0 aliphatic rings. The number of ether oxygens (including phenoxy) is 2. The second-order valence-electron chi connectivity index (χ2n) is 7.18. The summed E-state index contributed by atoms with van der Waals surface area (Å²) in [6.45, 7) is 9.87. The number of carbonyl (C=O) groups excluding carboxylic acids is 2. The summed E-state index contributed by atoms with van der Waals surface area (Å²) in [7, 11) is 1.32. The van der Waals surface area contributed by atoms with Gasteiger partial charge in [-0.25, -0.2) is 4.79 Å². The van der Waals surface area contributed by atoms with Crippen LogP contribution in [0.1, 0.15) is 53.0 Å². The highest BCUT2D eigenvalue weighted by Gasteiger charge is 2.35. The van der Waals surface area contributed by atoms with Gasteiger partial charge < -0.3 is 14.8 Å². The average molecular weight is 335 g/mol. The van der Waals surface area contributed by atoms with Crippen molar-refractivity contribution in [1.82, 2.24) is 5.32 Å². The summed E-state index contributed by atoms with van der Waals surface area (Å²) in [5.74, 6) is -0.183. The molecular weight excluding hydrogens is 306 g/mol. The van der Waals surface area contributed by atoms with Crippen molar-refractivity contribution in [3.63, 3.8) is 0 Å². The maximum atomic E-state index is 12.1. The molecule has 0 spiro atoms. The maximum Gasteiger partial charge on any atom is 0.331 e. The summed E-state index contributed by atoms with van der Waals surface area (Å²) in [5.41, 5.74) is 0.235. The zero-order valence-corrected chi connectivity index (χ0v) is 15.6. The fourth-order valence-electron chi connectivity index (χ4n) is 2.48. The van der Waals surface area contributed by atoms with E-state index in [0.717, 1.165) is 6.42 Å². The molecule has 1 amide bonds. The van der Waals surface area contributed by atoms with E-state index in [1.165, 1.54) is 12.7 Å². The van der Waals surface area contributed by atoms with Crippen LogP contribution in [0, 0.1) is 0 Å². The smallest absolute Gasteiger partial charge is 0.331 e. The van der Waals surface area contributed by atoms with E-state index in [2.05, 4.69) is 26.1 Å². The first-order valence-electron chi connectivity index (χ1n) is 8.25. The van der Waals surface area contributed by atoms with E-state index >= 15 is 0 Å². The van der Waals surface area contributed by atoms with Gasteiger partial charge in [-0.15, -0.1) is 0 Å². The van der Waals surface area contributed by atoms with E-state index in [-0.39, 0.29) is 17.9 Å². The largest absolute Gasteiger partial charge is 0.484 e. The zero-order chi connectivity index (χ0) is 18.4. The lowest BCUT2D eigenvalue weighted by Gasteiger charge is -2.27. The van der Waals surface area contributed by atoms with Crippen molar-refractivity contribution in [2.24, 2.45) is 0 Å². The maximum absolute atomic E-state index is 12.1. The highest BCUT2D eigenvalue weighted by Crippen LogP contribution is 2.24. The van der Waals surface area contributed by atoms with Crippen molar-refractivity contribution < 1.29 is 19.1 Å². The average Bonchev–Trinajstić information content (AvgIpc) is 2.51. The molecule has 1 aromatic rings. The molecule has 134 valence electrons. The molecule has 0 saturated carbocycles. The van der Waals surface area contributed by atoms with Crippen LogP contribution in [0.15, 0.2) is 24.3 Å². The van der Waals surface area contributed by atoms with E-state index in [1.54, 1.807) is 6.92 Å². The number of hydrogen-bond donors (Lipinski definition) is 1. The second kappa shape index (κ2) is 8.18. The van der Waals surface area contributed by atoms with Gasteiger partial charge in [0, 0.05) is 0 Å². The lowest BCUT2D eigenvalue weighted by Crippen LogP contribution is -2.53. The van der Waals surface area contributed by atoms with Crippen LogP contribution in [0.2, 0.25) is 0 Å². The summed E-state index contributed by atoms with van der Waals surface area (Å²) in [4.78, 5) is 24.0. The third kappa shape index (κ3) is 5.55. The Balaban J connectivity index is 2.63. The van der Waals surface area contributed by atoms with Gasteiger partial charge in [0.05, 0.1) is 7.11 Å². The summed E-state index contributed by atoms with van der Waals surface area (Å²) in [5, 5.41) is 2.71. The minimum absolute atomic E-state index is 0.0678. The van der Waals surface area contributed by atoms with Gasteiger partial charge in [0.1, 0.15) is 11.3 Å². The van der Waals surface area contributed by atoms with Crippen molar-refractivity contribution in [2.75, 3.05) is 13.7 Å². The Bertz CT molecular complexity index is 560. The fraction of sp³-hybridized carbons (Fsp3) is 0.579. The minimum atomic E-state index is -1.03. The number of carbonyl (C=O) groups is 2. The van der Waals surface area contributed by atoms with Crippen LogP contribution in [-0.4, -0.2) is 31.1 Å². The number of nitrogens with one attached hydrogen (secondary N) is 1. The highest BCUT2D eigenvalue weighted by atomic mass is 16.5. The molecule has 0 saturated heterocycles. The number of rotatable bonds is 7. The van der Waals surface area contributed by atoms with Crippen LogP contribution in [0.4, 0.5) is 0 Å². The normalized spacial score (nSPS) is 13.8. The zero-order valence-electron chi connectivity index (χ0n) is 15.6. The summed E-state index contributed by atoms with van der Waals surface area (Å²) in [6.07, 6.45) is 1.26. The number of esters is 1. The van der Waals surface area contributed by atoms with Crippen molar-refractivity contribution in [2.45, 2.75) is 58.4 Å². The Morgan fingerprint density at radius 1 is 1.08 bits per heavy atom. The lowest BCUT2D eigenvalue weighted by molar-refractivity contribution is -0.150. The Labute approximate surface area is 144 Å². The van der Waals surface area contributed by atoms with Gasteiger partial charge in [-0.05, 0) is 36.5 Å². The third-order valence-corrected chi connectivity index (χ3v) is 3.89. The molecule has 0 fully saturated rings. The van der Waals surface area contributed by atoms with Gasteiger partial charge >= 0.3 is 5.97 Å². The first kappa shape index (κ1) is 20.0. The number of methoxy groups -OCH3 is 1. The molecule has 1 unspecified atom stereocenters. The second-order valence-corrected chi connectivity index (χ2v) is 7.18. The van der Waals surface area contributed by atoms with Gasteiger partial charge in [0.15, 0.2) is 6.61 Å². The fourth-order valence-corrected chi connectivity index (χ4v) is 2.48. The van der Waals surface area contributed by atoms with Crippen LogP contribution >= 0.6 is 0 Å². The monoisotopic (exact) mass is 335 g/mol. The SMILES string of the molecule is CCCC(C)(NC(=O)COc1ccc(C(C)(C)C)cc1)C(=O)OC. The molecule has 0 aliphatic carbocycles. The van der Waals surface area contributed by atoms with E-state index in [0.29, 0.717) is 12.2 Å². The van der Waals surface area contributed by atoms with Crippen LogP contribution < -0.4 is 10.1 Å². The van der Waals surface area contributed by atoms with Crippen LogP contribution in [0.5, 0.6) is 5.75 Å². The van der Waals surface area contributed by atoms with Gasteiger partial charge in [-0.3, -0.25) is 4.79 Å². The number of benzene rings is 1. The molecule has 1 atom stereocenters. The molecule has 1 rings (SSSR count). The molecule has 1 aromatic carbocycles.